The van der Waals surface area contributed by atoms with Crippen LogP contribution < -0.4 is 19.6 Å². The van der Waals surface area contributed by atoms with Crippen molar-refractivity contribution in [3.8, 4) is 0 Å². The largest absolute Gasteiger partial charge is 0.411 e. The molecule has 10 rings (SSSR count). The van der Waals surface area contributed by atoms with Crippen LogP contribution in [0.2, 0.25) is 0 Å². The third-order valence-corrected chi connectivity index (χ3v) is 16.9. The first kappa shape index (κ1) is 51.3. The van der Waals surface area contributed by atoms with Gasteiger partial charge in [-0.3, -0.25) is 38.4 Å². The number of halogens is 6. The molecule has 0 aliphatic carbocycles. The van der Waals surface area contributed by atoms with Gasteiger partial charge in [-0.1, -0.05) is 12.1 Å². The highest BCUT2D eigenvalue weighted by Crippen LogP contribution is 2.57. The Morgan fingerprint density at radius 3 is 0.844 bits per heavy atom. The van der Waals surface area contributed by atoms with Gasteiger partial charge in [0, 0.05) is 23.3 Å². The van der Waals surface area contributed by atoms with Crippen molar-refractivity contribution >= 4 is 89.7 Å². The van der Waals surface area contributed by atoms with Crippen LogP contribution in [-0.2, 0) is 44.3 Å². The van der Waals surface area contributed by atoms with Crippen molar-refractivity contribution in [1.29, 1.82) is 0 Å². The van der Waals surface area contributed by atoms with Crippen molar-refractivity contribution in [2.24, 2.45) is 0 Å². The van der Waals surface area contributed by atoms with Crippen LogP contribution in [0.1, 0.15) is 66.4 Å². The number of nitrogens with zero attached hydrogens (tertiary/aromatic N) is 4. The van der Waals surface area contributed by atoms with Gasteiger partial charge in [-0.25, -0.2) is 36.4 Å². The van der Waals surface area contributed by atoms with Gasteiger partial charge in [0.15, 0.2) is 0 Å². The molecule has 4 aliphatic heterocycles. The molecule has 0 fully saturated rings. The predicted octanol–water partition coefficient (Wildman–Crippen LogP) is 8.00. The van der Waals surface area contributed by atoms with Crippen molar-refractivity contribution in [3.63, 3.8) is 0 Å². The summed E-state index contributed by atoms with van der Waals surface area (Å²) in [7, 11) is -8.69. The summed E-state index contributed by atoms with van der Waals surface area (Å²) < 4.78 is 148. The number of alkyl halides is 6. The zero-order valence-electron chi connectivity index (χ0n) is 39.1. The first-order chi connectivity index (χ1) is 36.1. The molecule has 6 aromatic carbocycles. The van der Waals surface area contributed by atoms with E-state index in [0.717, 1.165) is 94.7 Å². The molecular weight excluding hydrogens is 1060 g/mol. The Labute approximate surface area is 430 Å². The smallest absolute Gasteiger partial charge is 0.269 e. The fourth-order valence-electron chi connectivity index (χ4n) is 9.43. The summed E-state index contributed by atoms with van der Waals surface area (Å²) in [6.07, 6.45) is -10.4. The summed E-state index contributed by atoms with van der Waals surface area (Å²) >= 11 is 0. The Hall–Kier alpha value is -9.16. The van der Waals surface area contributed by atoms with Crippen molar-refractivity contribution in [1.82, 2.24) is 0 Å². The second kappa shape index (κ2) is 17.5. The van der Waals surface area contributed by atoms with Crippen molar-refractivity contribution in [2.75, 3.05) is 19.6 Å². The molecule has 6 aromatic rings. The highest BCUT2D eigenvalue weighted by molar-refractivity contribution is 7.91. The molecule has 24 heteroatoms. The second-order valence-electron chi connectivity index (χ2n) is 17.8. The predicted molar refractivity (Wildman–Crippen MR) is 257 cm³/mol. The average Bonchev–Trinajstić information content (AvgIpc) is 4.07. The lowest BCUT2D eigenvalue weighted by Crippen LogP contribution is -2.55. The van der Waals surface area contributed by atoms with E-state index < -0.39 is 118 Å². The Kier molecular flexibility index (Phi) is 11.6. The van der Waals surface area contributed by atoms with Crippen LogP contribution >= 0.6 is 0 Å². The number of benzene rings is 6. The molecule has 0 spiro atoms. The maximum atomic E-state index is 15.6. The van der Waals surface area contributed by atoms with Crippen LogP contribution in [0.5, 0.6) is 0 Å². The number of sulfone groups is 2. The summed E-state index contributed by atoms with van der Waals surface area (Å²) in [5, 5.41) is 0. The number of hydrogen-bond donors (Lipinski definition) is 0. The number of carbonyl (C=O) groups is 8. The van der Waals surface area contributed by atoms with E-state index in [1.54, 1.807) is 0 Å². The first-order valence-corrected chi connectivity index (χ1v) is 25.3. The third-order valence-electron chi connectivity index (χ3n) is 13.3. The molecule has 388 valence electrons. The van der Waals surface area contributed by atoms with Gasteiger partial charge < -0.3 is 0 Å². The third kappa shape index (κ3) is 7.72. The Bertz CT molecular complexity index is 3740. The van der Waals surface area contributed by atoms with Gasteiger partial charge in [0.25, 0.3) is 47.3 Å². The van der Waals surface area contributed by atoms with Gasteiger partial charge in [-0.05, 0) is 146 Å². The van der Waals surface area contributed by atoms with E-state index in [4.69, 9.17) is 0 Å². The molecule has 16 nitrogen and oxygen atoms in total. The highest BCUT2D eigenvalue weighted by Gasteiger charge is 2.73. The van der Waals surface area contributed by atoms with Crippen LogP contribution in [0.3, 0.4) is 0 Å². The topological polar surface area (TPSA) is 218 Å². The molecule has 0 bridgehead atoms. The minimum absolute atomic E-state index is 0.0820. The van der Waals surface area contributed by atoms with Crippen molar-refractivity contribution in [2.45, 2.75) is 51.2 Å². The summed E-state index contributed by atoms with van der Waals surface area (Å²) in [5.74, 6) is -7.62. The van der Waals surface area contributed by atoms with E-state index in [0.29, 0.717) is 34.1 Å². The van der Waals surface area contributed by atoms with Crippen LogP contribution in [0.15, 0.2) is 176 Å². The van der Waals surface area contributed by atoms with Gasteiger partial charge in [-0.15, -0.1) is 0 Å². The Morgan fingerprint density at radius 2 is 0.597 bits per heavy atom. The lowest BCUT2D eigenvalue weighted by Gasteiger charge is -2.38. The number of rotatable bonds is 10. The summed E-state index contributed by atoms with van der Waals surface area (Å²) in [4.78, 5) is 106. The average molecular weight is 1090 g/mol. The normalized spacial score (nSPS) is 16.3. The number of amides is 8. The number of hydrogen-bond acceptors (Lipinski definition) is 12. The van der Waals surface area contributed by atoms with Gasteiger partial charge in [0.2, 0.25) is 25.1 Å². The molecule has 4 aliphatic rings. The summed E-state index contributed by atoms with van der Waals surface area (Å²) in [6, 6.07) is 19.7. The highest BCUT2D eigenvalue weighted by atomic mass is 32.2. The zero-order chi connectivity index (χ0) is 55.6. The van der Waals surface area contributed by atoms with Gasteiger partial charge in [-0.2, -0.15) is 26.3 Å². The molecule has 0 N–H and O–H groups in total. The summed E-state index contributed by atoms with van der Waals surface area (Å²) in [6.45, 7) is 2.86. The zero-order valence-corrected chi connectivity index (χ0v) is 40.8. The number of imide groups is 4. The molecule has 0 atom stereocenters. The second-order valence-corrected chi connectivity index (χ2v) is 21.7. The Morgan fingerprint density at radius 1 is 0.338 bits per heavy atom. The minimum atomic E-state index is -6.30. The monoisotopic (exact) mass is 1090 g/mol. The van der Waals surface area contributed by atoms with Gasteiger partial charge in [0.05, 0.1) is 64.6 Å². The number of carbonyl (C=O) groups excluding carboxylic acids is 8. The van der Waals surface area contributed by atoms with E-state index >= 15 is 26.3 Å². The standard InChI is InChI=1S/C53H30F6N4O12S2/c1-27-23-43(64)60(45(27)66)31-5-13-35(14-6-31)76(72,73)37-17-9-33(10-18-37)62-47(68)39-21-3-29(25-41(39)49(62)70)51(52(54,55)56,53(57,58)59)30-4-22-40-42(26-30)50(71)63(48(40)69)34-11-19-38(20-12-34)77(74,75)36-15-7-32(8-16-36)61-44(65)24-28(2)46(61)67/h3-26H,1-2H3. The molecule has 8 amide bonds. The van der Waals surface area contributed by atoms with Gasteiger partial charge in [0.1, 0.15) is 0 Å². The fourth-order valence-corrected chi connectivity index (χ4v) is 12.0. The van der Waals surface area contributed by atoms with Crippen molar-refractivity contribution < 1.29 is 81.5 Å². The SMILES string of the molecule is CC1=CC(=O)N(c2ccc(S(=O)(=O)c3ccc(N4C(=O)c5ccc(C(c6ccc7c(c6)C(=O)N(c6ccc(S(=O)(=O)c8ccc(N9C(=O)C=C(C)C9=O)cc8)cc6)C7=O)(C(F)(F)F)C(F)(F)F)cc5C4=O)cc3)cc2)C1=O. The molecule has 0 aromatic heterocycles. The molecule has 77 heavy (non-hydrogen) atoms. The quantitative estimate of drug-likeness (QED) is 0.0942. The van der Waals surface area contributed by atoms with E-state index in [2.05, 4.69) is 0 Å². The van der Waals surface area contributed by atoms with Crippen LogP contribution in [0.4, 0.5) is 49.1 Å². The maximum Gasteiger partial charge on any atom is 0.411 e. The van der Waals surface area contributed by atoms with E-state index in [1.807, 2.05) is 0 Å². The number of anilines is 4. The Balaban J connectivity index is 0.915. The lowest BCUT2D eigenvalue weighted by molar-refractivity contribution is -0.288. The lowest BCUT2D eigenvalue weighted by atomic mass is 9.71. The number of fused-ring (bicyclic) bond motifs is 2. The van der Waals surface area contributed by atoms with Crippen molar-refractivity contribution in [3.05, 3.63) is 190 Å². The van der Waals surface area contributed by atoms with Crippen LogP contribution in [0.25, 0.3) is 0 Å². The molecule has 4 heterocycles. The van der Waals surface area contributed by atoms with Crippen LogP contribution in [0, 0.1) is 0 Å². The molecule has 0 radical (unpaired) electrons. The fraction of sp³-hybridized carbons (Fsp3) is 0.0943. The van der Waals surface area contributed by atoms with E-state index in [9.17, 15) is 55.2 Å². The molecule has 0 unspecified atom stereocenters. The summed E-state index contributed by atoms with van der Waals surface area (Å²) in [5.41, 5.74) is -11.4. The molecule has 0 saturated carbocycles. The van der Waals surface area contributed by atoms with E-state index in [1.165, 1.54) is 38.1 Å². The first-order valence-electron chi connectivity index (χ1n) is 22.3. The minimum Gasteiger partial charge on any atom is -0.269 e. The van der Waals surface area contributed by atoms with Gasteiger partial charge >= 0.3 is 12.4 Å². The van der Waals surface area contributed by atoms with E-state index in [-0.39, 0.29) is 65.6 Å². The molecule has 0 saturated heterocycles. The molecular formula is C53H30F6N4O12S2. The van der Waals surface area contributed by atoms with Crippen LogP contribution in [-0.4, -0.2) is 76.4 Å². The maximum absolute atomic E-state index is 15.6.